The molecule has 1 atom stereocenters. The maximum absolute atomic E-state index is 6.11. The van der Waals surface area contributed by atoms with E-state index in [1.807, 2.05) is 0 Å². The molecule has 0 amide bonds. The SMILES string of the molecule is Cl.Clc1cccc(Cl)c1-c1noc([C@H]2CCNC2)n1. The molecule has 1 aliphatic rings. The molecule has 102 valence electrons. The lowest BCUT2D eigenvalue weighted by molar-refractivity contribution is 0.359. The molecule has 1 aromatic heterocycles. The van der Waals surface area contributed by atoms with Crippen molar-refractivity contribution in [2.75, 3.05) is 13.1 Å². The van der Waals surface area contributed by atoms with Crippen molar-refractivity contribution in [3.63, 3.8) is 0 Å². The van der Waals surface area contributed by atoms with Gasteiger partial charge in [0.15, 0.2) is 0 Å². The summed E-state index contributed by atoms with van der Waals surface area (Å²) in [5.41, 5.74) is 0.627. The number of hydrogen-bond donors (Lipinski definition) is 1. The van der Waals surface area contributed by atoms with E-state index >= 15 is 0 Å². The van der Waals surface area contributed by atoms with E-state index in [-0.39, 0.29) is 18.3 Å². The largest absolute Gasteiger partial charge is 0.339 e. The molecule has 0 saturated carbocycles. The summed E-state index contributed by atoms with van der Waals surface area (Å²) < 4.78 is 5.29. The molecule has 0 radical (unpaired) electrons. The molecular weight excluding hydrogens is 309 g/mol. The molecule has 0 aliphatic carbocycles. The molecular formula is C12H12Cl3N3O. The Morgan fingerprint density at radius 1 is 1.26 bits per heavy atom. The number of hydrogen-bond acceptors (Lipinski definition) is 4. The second-order valence-corrected chi connectivity index (χ2v) is 5.06. The molecule has 0 spiro atoms. The summed E-state index contributed by atoms with van der Waals surface area (Å²) in [6, 6.07) is 5.31. The third-order valence-corrected chi connectivity index (χ3v) is 3.67. The maximum Gasteiger partial charge on any atom is 0.231 e. The first-order valence-electron chi connectivity index (χ1n) is 5.74. The molecule has 1 saturated heterocycles. The van der Waals surface area contributed by atoms with E-state index in [4.69, 9.17) is 27.7 Å². The number of halogens is 3. The van der Waals surface area contributed by atoms with Crippen molar-refractivity contribution in [3.05, 3.63) is 34.1 Å². The van der Waals surface area contributed by atoms with Gasteiger partial charge in [0.1, 0.15) is 0 Å². The molecule has 2 aromatic rings. The Kier molecular flexibility index (Phi) is 4.68. The predicted molar refractivity (Wildman–Crippen MR) is 77.2 cm³/mol. The number of benzene rings is 1. The lowest BCUT2D eigenvalue weighted by Crippen LogP contribution is -2.08. The third-order valence-electron chi connectivity index (χ3n) is 3.04. The minimum absolute atomic E-state index is 0. The van der Waals surface area contributed by atoms with E-state index in [1.54, 1.807) is 18.2 Å². The van der Waals surface area contributed by atoms with Gasteiger partial charge >= 0.3 is 0 Å². The zero-order valence-electron chi connectivity index (χ0n) is 9.90. The summed E-state index contributed by atoms with van der Waals surface area (Å²) >= 11 is 12.2. The van der Waals surface area contributed by atoms with E-state index in [9.17, 15) is 0 Å². The van der Waals surface area contributed by atoms with Gasteiger partial charge in [-0.25, -0.2) is 0 Å². The van der Waals surface area contributed by atoms with Crippen LogP contribution >= 0.6 is 35.6 Å². The van der Waals surface area contributed by atoms with Gasteiger partial charge in [-0.2, -0.15) is 4.98 Å². The molecule has 0 bridgehead atoms. The molecule has 3 rings (SSSR count). The molecule has 7 heteroatoms. The fourth-order valence-corrected chi connectivity index (χ4v) is 2.65. The maximum atomic E-state index is 6.11. The van der Waals surface area contributed by atoms with Crippen molar-refractivity contribution in [1.82, 2.24) is 15.5 Å². The van der Waals surface area contributed by atoms with Gasteiger partial charge in [-0.15, -0.1) is 12.4 Å². The van der Waals surface area contributed by atoms with Crippen LogP contribution < -0.4 is 5.32 Å². The molecule has 2 heterocycles. The molecule has 1 N–H and O–H groups in total. The predicted octanol–water partition coefficient (Wildman–Crippen LogP) is 3.54. The average Bonchev–Trinajstić information content (AvgIpc) is 2.99. The van der Waals surface area contributed by atoms with Gasteiger partial charge in [-0.05, 0) is 25.1 Å². The summed E-state index contributed by atoms with van der Waals surface area (Å²) in [6.07, 6.45) is 1.01. The molecule has 19 heavy (non-hydrogen) atoms. The van der Waals surface area contributed by atoms with Crippen LogP contribution in [0, 0.1) is 0 Å². The number of rotatable bonds is 2. The summed E-state index contributed by atoms with van der Waals surface area (Å²) in [5, 5.41) is 8.29. The first kappa shape index (κ1) is 14.6. The number of aromatic nitrogens is 2. The van der Waals surface area contributed by atoms with Crippen molar-refractivity contribution >= 4 is 35.6 Å². The number of nitrogens with zero attached hydrogens (tertiary/aromatic N) is 2. The fraction of sp³-hybridized carbons (Fsp3) is 0.333. The lowest BCUT2D eigenvalue weighted by atomic mass is 10.1. The van der Waals surface area contributed by atoms with Crippen molar-refractivity contribution in [2.24, 2.45) is 0 Å². The first-order valence-corrected chi connectivity index (χ1v) is 6.50. The summed E-state index contributed by atoms with van der Waals surface area (Å²) in [4.78, 5) is 4.40. The van der Waals surface area contributed by atoms with Crippen molar-refractivity contribution in [3.8, 4) is 11.4 Å². The van der Waals surface area contributed by atoms with E-state index in [2.05, 4.69) is 15.5 Å². The van der Waals surface area contributed by atoms with E-state index < -0.39 is 0 Å². The topological polar surface area (TPSA) is 51.0 Å². The Morgan fingerprint density at radius 2 is 2.00 bits per heavy atom. The Balaban J connectivity index is 0.00000133. The van der Waals surface area contributed by atoms with Crippen LogP contribution in [0.1, 0.15) is 18.2 Å². The van der Waals surface area contributed by atoms with Crippen molar-refractivity contribution in [2.45, 2.75) is 12.3 Å². The van der Waals surface area contributed by atoms with Crippen LogP contribution in [-0.4, -0.2) is 23.2 Å². The molecule has 4 nitrogen and oxygen atoms in total. The second kappa shape index (κ2) is 6.09. The Hall–Kier alpha value is -0.810. The van der Waals surface area contributed by atoms with Crippen molar-refractivity contribution in [1.29, 1.82) is 0 Å². The highest BCUT2D eigenvalue weighted by molar-refractivity contribution is 6.38. The fourth-order valence-electron chi connectivity index (χ4n) is 2.08. The first-order chi connectivity index (χ1) is 8.75. The van der Waals surface area contributed by atoms with Crippen LogP contribution in [0.4, 0.5) is 0 Å². The van der Waals surface area contributed by atoms with Gasteiger partial charge in [0.2, 0.25) is 11.7 Å². The minimum Gasteiger partial charge on any atom is -0.339 e. The van der Waals surface area contributed by atoms with Crippen LogP contribution in [0.2, 0.25) is 10.0 Å². The van der Waals surface area contributed by atoms with Crippen LogP contribution in [0.5, 0.6) is 0 Å². The zero-order chi connectivity index (χ0) is 12.5. The molecule has 0 unspecified atom stereocenters. The van der Waals surface area contributed by atoms with Crippen LogP contribution in [0.15, 0.2) is 22.7 Å². The second-order valence-electron chi connectivity index (χ2n) is 4.24. The summed E-state index contributed by atoms with van der Waals surface area (Å²) in [5.74, 6) is 1.38. The van der Waals surface area contributed by atoms with Crippen LogP contribution in [0.3, 0.4) is 0 Å². The quantitative estimate of drug-likeness (QED) is 0.919. The Labute approximate surface area is 126 Å². The van der Waals surface area contributed by atoms with Gasteiger partial charge in [0, 0.05) is 6.54 Å². The number of nitrogens with one attached hydrogen (secondary N) is 1. The molecule has 1 aromatic carbocycles. The Bertz CT molecular complexity index is 547. The molecule has 1 aliphatic heterocycles. The third kappa shape index (κ3) is 2.87. The highest BCUT2D eigenvalue weighted by Gasteiger charge is 2.24. The zero-order valence-corrected chi connectivity index (χ0v) is 12.2. The monoisotopic (exact) mass is 319 g/mol. The lowest BCUT2D eigenvalue weighted by Gasteiger charge is -2.01. The highest BCUT2D eigenvalue weighted by atomic mass is 35.5. The van der Waals surface area contributed by atoms with Gasteiger partial charge in [0.05, 0.1) is 21.5 Å². The van der Waals surface area contributed by atoms with Gasteiger partial charge < -0.3 is 9.84 Å². The smallest absolute Gasteiger partial charge is 0.231 e. The van der Waals surface area contributed by atoms with Gasteiger partial charge in [-0.1, -0.05) is 34.4 Å². The van der Waals surface area contributed by atoms with Crippen LogP contribution in [-0.2, 0) is 0 Å². The standard InChI is InChI=1S/C12H11Cl2N3O.ClH/c13-8-2-1-3-9(14)10(8)11-16-12(18-17-11)7-4-5-15-6-7;/h1-3,7,15H,4-6H2;1H/t7-;/m0./s1. The van der Waals surface area contributed by atoms with Gasteiger partial charge in [0.25, 0.3) is 0 Å². The normalized spacial score (nSPS) is 18.3. The van der Waals surface area contributed by atoms with E-state index in [0.717, 1.165) is 19.5 Å². The van der Waals surface area contributed by atoms with Gasteiger partial charge in [-0.3, -0.25) is 0 Å². The molecule has 1 fully saturated rings. The van der Waals surface area contributed by atoms with Crippen molar-refractivity contribution < 1.29 is 4.52 Å². The van der Waals surface area contributed by atoms with Crippen LogP contribution in [0.25, 0.3) is 11.4 Å². The Morgan fingerprint density at radius 3 is 2.63 bits per heavy atom. The van der Waals surface area contributed by atoms with E-state index in [0.29, 0.717) is 27.3 Å². The summed E-state index contributed by atoms with van der Waals surface area (Å²) in [6.45, 7) is 1.85. The highest BCUT2D eigenvalue weighted by Crippen LogP contribution is 2.33. The minimum atomic E-state index is 0. The average molecular weight is 321 g/mol. The van der Waals surface area contributed by atoms with E-state index in [1.165, 1.54) is 0 Å². The summed E-state index contributed by atoms with van der Waals surface area (Å²) in [7, 11) is 0.